The lowest BCUT2D eigenvalue weighted by atomic mass is 10.1. The fourth-order valence-electron chi connectivity index (χ4n) is 2.87. The van der Waals surface area contributed by atoms with Gasteiger partial charge >= 0.3 is 0 Å². The van der Waals surface area contributed by atoms with Gasteiger partial charge in [0.05, 0.1) is 5.69 Å². The normalized spacial score (nSPS) is 15.0. The average Bonchev–Trinajstić information content (AvgIpc) is 3.06. The molecule has 4 nitrogen and oxygen atoms in total. The monoisotopic (exact) mass is 296 g/mol. The van der Waals surface area contributed by atoms with E-state index in [-0.39, 0.29) is 0 Å². The van der Waals surface area contributed by atoms with Gasteiger partial charge in [-0.05, 0) is 19.3 Å². The topological polar surface area (TPSA) is 49.8 Å². The van der Waals surface area contributed by atoms with Gasteiger partial charge in [0.25, 0.3) is 0 Å². The van der Waals surface area contributed by atoms with Gasteiger partial charge < -0.3 is 10.6 Å². The van der Waals surface area contributed by atoms with Crippen LogP contribution in [-0.2, 0) is 0 Å². The zero-order valence-electron chi connectivity index (χ0n) is 13.2. The van der Waals surface area contributed by atoms with Gasteiger partial charge in [0.1, 0.15) is 5.82 Å². The summed E-state index contributed by atoms with van der Waals surface area (Å²) in [5.41, 5.74) is 2.09. The molecule has 116 valence electrons. The lowest BCUT2D eigenvalue weighted by molar-refractivity contribution is 0.750. The molecule has 0 aliphatic heterocycles. The predicted octanol–water partition coefficient (Wildman–Crippen LogP) is 4.32. The molecule has 22 heavy (non-hydrogen) atoms. The molecule has 3 rings (SSSR count). The molecule has 1 aromatic carbocycles. The highest BCUT2D eigenvalue weighted by Crippen LogP contribution is 2.25. The molecule has 0 saturated heterocycles. The third-order valence-corrected chi connectivity index (χ3v) is 4.04. The van der Waals surface area contributed by atoms with E-state index in [1.165, 1.54) is 25.7 Å². The van der Waals surface area contributed by atoms with Gasteiger partial charge in [-0.1, -0.05) is 50.1 Å². The number of anilines is 2. The van der Waals surface area contributed by atoms with Crippen LogP contribution < -0.4 is 10.6 Å². The van der Waals surface area contributed by atoms with Crippen molar-refractivity contribution in [2.24, 2.45) is 0 Å². The first-order valence-electron chi connectivity index (χ1n) is 8.30. The Kier molecular flexibility index (Phi) is 4.88. The van der Waals surface area contributed by atoms with Crippen molar-refractivity contribution in [3.8, 4) is 11.3 Å². The SMILES string of the molecule is CCCNc1nc(NC2CCCC2)cc(-c2ccccc2)n1. The Morgan fingerprint density at radius 3 is 2.59 bits per heavy atom. The zero-order valence-corrected chi connectivity index (χ0v) is 13.2. The minimum atomic E-state index is 0.553. The van der Waals surface area contributed by atoms with Crippen molar-refractivity contribution in [3.05, 3.63) is 36.4 Å². The number of nitrogens with zero attached hydrogens (tertiary/aromatic N) is 2. The van der Waals surface area contributed by atoms with Gasteiger partial charge in [-0.15, -0.1) is 0 Å². The fourth-order valence-corrected chi connectivity index (χ4v) is 2.87. The lowest BCUT2D eigenvalue weighted by Crippen LogP contribution is -2.16. The quantitative estimate of drug-likeness (QED) is 0.833. The summed E-state index contributed by atoms with van der Waals surface area (Å²) in [6.07, 6.45) is 6.17. The maximum Gasteiger partial charge on any atom is 0.225 e. The minimum Gasteiger partial charge on any atom is -0.367 e. The number of aromatic nitrogens is 2. The number of benzene rings is 1. The summed E-state index contributed by atoms with van der Waals surface area (Å²) >= 11 is 0. The highest BCUT2D eigenvalue weighted by molar-refractivity contribution is 5.64. The second-order valence-corrected chi connectivity index (χ2v) is 5.88. The van der Waals surface area contributed by atoms with Crippen LogP contribution in [0.1, 0.15) is 39.0 Å². The van der Waals surface area contributed by atoms with E-state index >= 15 is 0 Å². The van der Waals surface area contributed by atoms with Crippen LogP contribution in [0.5, 0.6) is 0 Å². The first-order valence-corrected chi connectivity index (χ1v) is 8.30. The van der Waals surface area contributed by atoms with E-state index in [0.29, 0.717) is 12.0 Å². The van der Waals surface area contributed by atoms with E-state index in [1.54, 1.807) is 0 Å². The second kappa shape index (κ2) is 7.25. The van der Waals surface area contributed by atoms with Crippen LogP contribution >= 0.6 is 0 Å². The van der Waals surface area contributed by atoms with Crippen LogP contribution in [0.4, 0.5) is 11.8 Å². The number of rotatable bonds is 6. The maximum absolute atomic E-state index is 4.65. The summed E-state index contributed by atoms with van der Waals surface area (Å²) in [6, 6.07) is 12.9. The number of hydrogen-bond donors (Lipinski definition) is 2. The van der Waals surface area contributed by atoms with Crippen molar-refractivity contribution in [3.63, 3.8) is 0 Å². The van der Waals surface area contributed by atoms with Gasteiger partial charge in [-0.25, -0.2) is 4.98 Å². The molecule has 1 aliphatic rings. The molecular weight excluding hydrogens is 272 g/mol. The molecule has 2 N–H and O–H groups in total. The molecule has 0 radical (unpaired) electrons. The maximum atomic E-state index is 4.65. The first kappa shape index (κ1) is 14.8. The average molecular weight is 296 g/mol. The molecule has 1 saturated carbocycles. The Hall–Kier alpha value is -2.10. The summed E-state index contributed by atoms with van der Waals surface area (Å²) in [5.74, 6) is 1.64. The molecule has 0 unspecified atom stereocenters. The van der Waals surface area contributed by atoms with Crippen LogP contribution in [0.3, 0.4) is 0 Å². The van der Waals surface area contributed by atoms with E-state index in [4.69, 9.17) is 0 Å². The molecule has 1 heterocycles. The molecule has 0 atom stereocenters. The van der Waals surface area contributed by atoms with Crippen LogP contribution in [0.2, 0.25) is 0 Å². The second-order valence-electron chi connectivity index (χ2n) is 5.88. The zero-order chi connectivity index (χ0) is 15.2. The van der Waals surface area contributed by atoms with Crippen LogP contribution in [0.15, 0.2) is 36.4 Å². The van der Waals surface area contributed by atoms with Gasteiger partial charge in [-0.2, -0.15) is 4.98 Å². The standard InChI is InChI=1S/C18H24N4/c1-2-12-19-18-21-16(14-8-4-3-5-9-14)13-17(22-18)20-15-10-6-7-11-15/h3-5,8-9,13,15H,2,6-7,10-12H2,1H3,(H2,19,20,21,22). The molecule has 0 bridgehead atoms. The Morgan fingerprint density at radius 2 is 1.86 bits per heavy atom. The predicted molar refractivity (Wildman–Crippen MR) is 92.1 cm³/mol. The number of hydrogen-bond acceptors (Lipinski definition) is 4. The molecule has 2 aromatic rings. The molecule has 1 aliphatic carbocycles. The largest absolute Gasteiger partial charge is 0.367 e. The fraction of sp³-hybridized carbons (Fsp3) is 0.444. The van der Waals surface area contributed by atoms with E-state index in [1.807, 2.05) is 18.2 Å². The van der Waals surface area contributed by atoms with Crippen LogP contribution in [0.25, 0.3) is 11.3 Å². The Morgan fingerprint density at radius 1 is 1.09 bits per heavy atom. The molecule has 0 spiro atoms. The third kappa shape index (κ3) is 3.75. The Labute approximate surface area is 132 Å². The highest BCUT2D eigenvalue weighted by atomic mass is 15.1. The van der Waals surface area contributed by atoms with Crippen molar-refractivity contribution < 1.29 is 0 Å². The van der Waals surface area contributed by atoms with E-state index in [0.717, 1.165) is 30.0 Å². The van der Waals surface area contributed by atoms with E-state index in [2.05, 4.69) is 45.7 Å². The molecule has 4 heteroatoms. The van der Waals surface area contributed by atoms with Crippen molar-refractivity contribution in [2.75, 3.05) is 17.2 Å². The van der Waals surface area contributed by atoms with Gasteiger partial charge in [0, 0.05) is 24.2 Å². The number of nitrogens with one attached hydrogen (secondary N) is 2. The first-order chi connectivity index (χ1) is 10.8. The summed E-state index contributed by atoms with van der Waals surface area (Å²) < 4.78 is 0. The van der Waals surface area contributed by atoms with Crippen molar-refractivity contribution in [2.45, 2.75) is 45.1 Å². The van der Waals surface area contributed by atoms with Crippen molar-refractivity contribution in [1.29, 1.82) is 0 Å². The molecule has 1 fully saturated rings. The Balaban J connectivity index is 1.87. The lowest BCUT2D eigenvalue weighted by Gasteiger charge is -2.15. The summed E-state index contributed by atoms with van der Waals surface area (Å²) in [7, 11) is 0. The van der Waals surface area contributed by atoms with Crippen molar-refractivity contribution >= 4 is 11.8 Å². The third-order valence-electron chi connectivity index (χ3n) is 4.04. The Bertz CT molecular complexity index is 591. The van der Waals surface area contributed by atoms with Crippen LogP contribution in [-0.4, -0.2) is 22.6 Å². The molecular formula is C18H24N4. The van der Waals surface area contributed by atoms with Gasteiger partial charge in [-0.3, -0.25) is 0 Å². The van der Waals surface area contributed by atoms with Crippen molar-refractivity contribution in [1.82, 2.24) is 9.97 Å². The van der Waals surface area contributed by atoms with E-state index in [9.17, 15) is 0 Å². The molecule has 0 amide bonds. The summed E-state index contributed by atoms with van der Waals surface area (Å²) in [6.45, 7) is 3.03. The summed E-state index contributed by atoms with van der Waals surface area (Å²) in [4.78, 5) is 9.28. The van der Waals surface area contributed by atoms with Gasteiger partial charge in [0.2, 0.25) is 5.95 Å². The summed E-state index contributed by atoms with van der Waals surface area (Å²) in [5, 5.41) is 6.88. The van der Waals surface area contributed by atoms with Crippen LogP contribution in [0, 0.1) is 0 Å². The highest BCUT2D eigenvalue weighted by Gasteiger charge is 2.16. The smallest absolute Gasteiger partial charge is 0.225 e. The van der Waals surface area contributed by atoms with Gasteiger partial charge in [0.15, 0.2) is 0 Å². The minimum absolute atomic E-state index is 0.553. The molecule has 1 aromatic heterocycles. The van der Waals surface area contributed by atoms with E-state index < -0.39 is 0 Å².